The first kappa shape index (κ1) is 13.5. The lowest BCUT2D eigenvalue weighted by atomic mass is 10.1. The van der Waals surface area contributed by atoms with E-state index >= 15 is 0 Å². The van der Waals surface area contributed by atoms with Crippen molar-refractivity contribution in [2.24, 2.45) is 0 Å². The van der Waals surface area contributed by atoms with Gasteiger partial charge in [-0.05, 0) is 25.8 Å². The molecule has 0 heterocycles. The zero-order valence-electron chi connectivity index (χ0n) is 11.0. The minimum absolute atomic E-state index is 0.103. The van der Waals surface area contributed by atoms with Crippen LogP contribution in [0.1, 0.15) is 25.3 Å². The van der Waals surface area contributed by atoms with Crippen molar-refractivity contribution in [3.63, 3.8) is 0 Å². The maximum absolute atomic E-state index is 10.8. The fraction of sp³-hybridized carbons (Fsp3) is 0.429. The molecule has 2 rings (SSSR count). The molecule has 0 atom stereocenters. The van der Waals surface area contributed by atoms with E-state index in [2.05, 4.69) is 5.32 Å². The molecule has 5 nitrogen and oxygen atoms in total. The van der Waals surface area contributed by atoms with Crippen LogP contribution in [0.25, 0.3) is 0 Å². The van der Waals surface area contributed by atoms with E-state index in [0.29, 0.717) is 24.9 Å². The van der Waals surface area contributed by atoms with E-state index in [-0.39, 0.29) is 10.6 Å². The third-order valence-corrected chi connectivity index (χ3v) is 2.98. The topological polar surface area (TPSA) is 64.4 Å². The second-order valence-electron chi connectivity index (χ2n) is 4.58. The Morgan fingerprint density at radius 3 is 2.95 bits per heavy atom. The minimum atomic E-state index is -0.379. The highest BCUT2D eigenvalue weighted by Crippen LogP contribution is 2.26. The summed E-state index contributed by atoms with van der Waals surface area (Å²) in [5, 5.41) is 14.2. The number of allylic oxidation sites excluding steroid dienone is 1. The normalized spacial score (nSPS) is 14.8. The van der Waals surface area contributed by atoms with Gasteiger partial charge in [0.15, 0.2) is 0 Å². The van der Waals surface area contributed by atoms with Crippen LogP contribution in [0, 0.1) is 10.1 Å². The minimum Gasteiger partial charge on any atom is -0.489 e. The summed E-state index contributed by atoms with van der Waals surface area (Å²) in [6.07, 6.45) is 6.18. The first-order valence-electron chi connectivity index (χ1n) is 6.45. The van der Waals surface area contributed by atoms with E-state index in [4.69, 9.17) is 4.74 Å². The fourth-order valence-corrected chi connectivity index (χ4v) is 1.73. The van der Waals surface area contributed by atoms with Gasteiger partial charge in [-0.15, -0.1) is 0 Å². The molecule has 1 saturated carbocycles. The molecule has 1 N–H and O–H groups in total. The van der Waals surface area contributed by atoms with Crippen LogP contribution >= 0.6 is 0 Å². The second-order valence-corrected chi connectivity index (χ2v) is 4.58. The number of benzene rings is 1. The molecule has 5 heteroatoms. The van der Waals surface area contributed by atoms with Crippen LogP contribution in [-0.4, -0.2) is 17.6 Å². The Morgan fingerprint density at radius 1 is 1.53 bits per heavy atom. The molecule has 0 aliphatic heterocycles. The Labute approximate surface area is 112 Å². The molecule has 1 aromatic carbocycles. The molecule has 0 spiro atoms. The summed E-state index contributed by atoms with van der Waals surface area (Å²) in [6, 6.07) is 5.29. The highest BCUT2D eigenvalue weighted by Gasteiger charge is 2.21. The first-order chi connectivity index (χ1) is 9.20. The first-order valence-corrected chi connectivity index (χ1v) is 6.45. The number of hydrogen-bond acceptors (Lipinski definition) is 4. The third-order valence-electron chi connectivity index (χ3n) is 2.98. The fourth-order valence-electron chi connectivity index (χ4n) is 1.73. The van der Waals surface area contributed by atoms with Gasteiger partial charge in [-0.2, -0.15) is 0 Å². The van der Waals surface area contributed by atoms with E-state index in [1.165, 1.54) is 18.9 Å². The molecule has 0 aromatic heterocycles. The van der Waals surface area contributed by atoms with Gasteiger partial charge in [-0.1, -0.05) is 12.2 Å². The van der Waals surface area contributed by atoms with Crippen LogP contribution in [0.3, 0.4) is 0 Å². The highest BCUT2D eigenvalue weighted by molar-refractivity contribution is 5.44. The van der Waals surface area contributed by atoms with Crippen molar-refractivity contribution in [3.8, 4) is 5.75 Å². The van der Waals surface area contributed by atoms with Gasteiger partial charge >= 0.3 is 0 Å². The number of nitro groups is 1. The molecule has 1 aromatic rings. The van der Waals surface area contributed by atoms with E-state index < -0.39 is 0 Å². The van der Waals surface area contributed by atoms with E-state index in [1.807, 2.05) is 19.1 Å². The van der Waals surface area contributed by atoms with Crippen molar-refractivity contribution < 1.29 is 9.66 Å². The second kappa shape index (κ2) is 6.33. The molecule has 0 saturated heterocycles. The number of nitrogens with zero attached hydrogens (tertiary/aromatic N) is 1. The van der Waals surface area contributed by atoms with Gasteiger partial charge in [-0.3, -0.25) is 10.1 Å². The molecule has 19 heavy (non-hydrogen) atoms. The Bertz CT molecular complexity index is 482. The number of ether oxygens (including phenoxy) is 1. The van der Waals surface area contributed by atoms with Gasteiger partial charge in [0.2, 0.25) is 0 Å². The summed E-state index contributed by atoms with van der Waals surface area (Å²) >= 11 is 0. The summed E-state index contributed by atoms with van der Waals surface area (Å²) in [4.78, 5) is 10.4. The number of nitro benzene ring substituents is 1. The lowest BCUT2D eigenvalue weighted by molar-refractivity contribution is -0.384. The van der Waals surface area contributed by atoms with E-state index in [1.54, 1.807) is 12.1 Å². The summed E-state index contributed by atoms with van der Waals surface area (Å²) in [5.74, 6) is 0.705. The average Bonchev–Trinajstić information content (AvgIpc) is 3.21. The zero-order chi connectivity index (χ0) is 13.7. The predicted octanol–water partition coefficient (Wildman–Crippen LogP) is 2.80. The maximum Gasteiger partial charge on any atom is 0.270 e. The van der Waals surface area contributed by atoms with E-state index in [0.717, 1.165) is 5.56 Å². The Hall–Kier alpha value is -1.88. The van der Waals surface area contributed by atoms with Gasteiger partial charge in [-0.25, -0.2) is 0 Å². The van der Waals surface area contributed by atoms with Crippen molar-refractivity contribution in [2.45, 2.75) is 32.4 Å². The molecule has 0 amide bonds. The smallest absolute Gasteiger partial charge is 0.270 e. The van der Waals surface area contributed by atoms with Crippen molar-refractivity contribution in [1.29, 1.82) is 0 Å². The van der Waals surface area contributed by atoms with Gasteiger partial charge in [0.25, 0.3) is 5.69 Å². The number of rotatable bonds is 7. The number of hydrogen-bond donors (Lipinski definition) is 1. The van der Waals surface area contributed by atoms with Gasteiger partial charge in [0.1, 0.15) is 12.4 Å². The molecule has 0 unspecified atom stereocenters. The summed E-state index contributed by atoms with van der Waals surface area (Å²) < 4.78 is 5.62. The molecule has 1 aliphatic carbocycles. The number of nitrogens with one attached hydrogen (secondary N) is 1. The quantitative estimate of drug-likeness (QED) is 0.466. The largest absolute Gasteiger partial charge is 0.489 e. The standard InChI is InChI=1S/C14H18N2O3/c1-2-3-8-19-14-7-6-13(16(17)18)9-11(14)10-15-12-4-5-12/h2-3,6-7,9,12,15H,4-5,8,10H2,1H3/b3-2+. The van der Waals surface area contributed by atoms with E-state index in [9.17, 15) is 10.1 Å². The van der Waals surface area contributed by atoms with Crippen molar-refractivity contribution >= 4 is 5.69 Å². The lowest BCUT2D eigenvalue weighted by Gasteiger charge is -2.10. The third kappa shape index (κ3) is 4.06. The molecule has 1 fully saturated rings. The predicted molar refractivity (Wildman–Crippen MR) is 73.3 cm³/mol. The highest BCUT2D eigenvalue weighted by atomic mass is 16.6. The summed E-state index contributed by atoms with van der Waals surface area (Å²) in [5.41, 5.74) is 0.941. The zero-order valence-corrected chi connectivity index (χ0v) is 11.0. The average molecular weight is 262 g/mol. The van der Waals surface area contributed by atoms with Crippen LogP contribution < -0.4 is 10.1 Å². The Balaban J connectivity index is 2.10. The van der Waals surface area contributed by atoms with Crippen molar-refractivity contribution in [2.75, 3.05) is 6.61 Å². The van der Waals surface area contributed by atoms with Crippen LogP contribution in [-0.2, 0) is 6.54 Å². The maximum atomic E-state index is 10.8. The SMILES string of the molecule is C/C=C/COc1ccc([N+](=O)[O-])cc1CNC1CC1. The van der Waals surface area contributed by atoms with Crippen molar-refractivity contribution in [3.05, 3.63) is 46.0 Å². The van der Waals surface area contributed by atoms with Crippen LogP contribution in [0.2, 0.25) is 0 Å². The Kier molecular flexibility index (Phi) is 4.52. The molecule has 0 bridgehead atoms. The molecule has 102 valence electrons. The summed E-state index contributed by atoms with van der Waals surface area (Å²) in [6.45, 7) is 3.01. The molecule has 0 radical (unpaired) electrons. The van der Waals surface area contributed by atoms with Gasteiger partial charge in [0.05, 0.1) is 4.92 Å². The van der Waals surface area contributed by atoms with Crippen molar-refractivity contribution in [1.82, 2.24) is 5.32 Å². The number of non-ortho nitro benzene ring substituents is 1. The monoisotopic (exact) mass is 262 g/mol. The van der Waals surface area contributed by atoms with Gasteiger partial charge < -0.3 is 10.1 Å². The van der Waals surface area contributed by atoms with Crippen LogP contribution in [0.5, 0.6) is 5.75 Å². The van der Waals surface area contributed by atoms with Crippen LogP contribution in [0.15, 0.2) is 30.4 Å². The van der Waals surface area contributed by atoms with Crippen LogP contribution in [0.4, 0.5) is 5.69 Å². The molecular formula is C14H18N2O3. The molecular weight excluding hydrogens is 244 g/mol. The van der Waals surface area contributed by atoms with Gasteiger partial charge in [0, 0.05) is 30.3 Å². The molecule has 1 aliphatic rings. The lowest BCUT2D eigenvalue weighted by Crippen LogP contribution is -2.16. The Morgan fingerprint density at radius 2 is 2.32 bits per heavy atom. The summed E-state index contributed by atoms with van der Waals surface area (Å²) in [7, 11) is 0.